The molecule has 0 heterocycles. The summed E-state index contributed by atoms with van der Waals surface area (Å²) in [6.45, 7) is 1.69. The van der Waals surface area contributed by atoms with E-state index in [0.717, 1.165) is 32.4 Å². The summed E-state index contributed by atoms with van der Waals surface area (Å²) in [4.78, 5) is 0. The fraction of sp³-hybridized carbons (Fsp3) is 1.00. The molecule has 0 aromatic rings. The lowest BCUT2D eigenvalue weighted by Gasteiger charge is -2.28. The highest BCUT2D eigenvalue weighted by Crippen LogP contribution is 2.23. The molecule has 0 radical (unpaired) electrons. The van der Waals surface area contributed by atoms with E-state index in [4.69, 9.17) is 15.2 Å². The molecule has 0 aromatic carbocycles. The molecule has 0 aromatic heterocycles. The van der Waals surface area contributed by atoms with Crippen LogP contribution in [0.4, 0.5) is 0 Å². The zero-order valence-corrected chi connectivity index (χ0v) is 9.91. The van der Waals surface area contributed by atoms with Crippen molar-refractivity contribution >= 4 is 0 Å². The van der Waals surface area contributed by atoms with Crippen molar-refractivity contribution in [1.82, 2.24) is 0 Å². The zero-order chi connectivity index (χ0) is 10.9. The lowest BCUT2D eigenvalue weighted by molar-refractivity contribution is -0.0302. The van der Waals surface area contributed by atoms with E-state index in [2.05, 4.69) is 0 Å². The van der Waals surface area contributed by atoms with Crippen LogP contribution in [-0.4, -0.2) is 32.5 Å². The van der Waals surface area contributed by atoms with Gasteiger partial charge in [0.2, 0.25) is 0 Å². The van der Waals surface area contributed by atoms with Crippen molar-refractivity contribution < 1.29 is 9.47 Å². The largest absolute Gasteiger partial charge is 0.381 e. The Bertz CT molecular complexity index is 153. The molecular weight excluding hydrogens is 190 g/mol. The fourth-order valence-electron chi connectivity index (χ4n) is 2.14. The molecule has 15 heavy (non-hydrogen) atoms. The lowest BCUT2D eigenvalue weighted by Crippen LogP contribution is -2.27. The Labute approximate surface area is 93.3 Å². The first-order chi connectivity index (χ1) is 7.36. The number of ether oxygens (including phenoxy) is 2. The van der Waals surface area contributed by atoms with E-state index < -0.39 is 0 Å². The Morgan fingerprint density at radius 1 is 1.13 bits per heavy atom. The van der Waals surface area contributed by atoms with Gasteiger partial charge in [0.05, 0.1) is 12.2 Å². The Morgan fingerprint density at radius 2 is 1.93 bits per heavy atom. The molecule has 1 fully saturated rings. The topological polar surface area (TPSA) is 44.5 Å². The molecule has 2 unspecified atom stereocenters. The minimum absolute atomic E-state index is 0.424. The van der Waals surface area contributed by atoms with Crippen molar-refractivity contribution in [3.8, 4) is 0 Å². The first kappa shape index (κ1) is 12.9. The van der Waals surface area contributed by atoms with Crippen molar-refractivity contribution in [2.24, 2.45) is 5.73 Å². The van der Waals surface area contributed by atoms with Gasteiger partial charge in [-0.2, -0.15) is 0 Å². The summed E-state index contributed by atoms with van der Waals surface area (Å²) >= 11 is 0. The molecule has 0 aliphatic heterocycles. The molecule has 0 bridgehead atoms. The molecule has 1 rings (SSSR count). The first-order valence-electron chi connectivity index (χ1n) is 6.21. The molecule has 2 N–H and O–H groups in total. The fourth-order valence-corrected chi connectivity index (χ4v) is 2.14. The van der Waals surface area contributed by atoms with Gasteiger partial charge in [-0.3, -0.25) is 0 Å². The summed E-state index contributed by atoms with van der Waals surface area (Å²) in [5.41, 5.74) is 5.43. The molecule has 1 aliphatic rings. The second-order valence-electron chi connectivity index (χ2n) is 4.37. The number of methoxy groups -OCH3 is 1. The second kappa shape index (κ2) is 8.08. The Balaban J connectivity index is 2.00. The highest BCUT2D eigenvalue weighted by molar-refractivity contribution is 4.73. The van der Waals surface area contributed by atoms with Gasteiger partial charge in [-0.15, -0.1) is 0 Å². The van der Waals surface area contributed by atoms with Crippen LogP contribution in [0.3, 0.4) is 0 Å². The first-order valence-corrected chi connectivity index (χ1v) is 6.21. The van der Waals surface area contributed by atoms with Crippen LogP contribution in [0.25, 0.3) is 0 Å². The third-order valence-electron chi connectivity index (χ3n) is 3.11. The Morgan fingerprint density at radius 3 is 2.67 bits per heavy atom. The summed E-state index contributed by atoms with van der Waals surface area (Å²) in [6, 6.07) is 0. The lowest BCUT2D eigenvalue weighted by atomic mass is 9.95. The maximum absolute atomic E-state index is 5.84. The van der Waals surface area contributed by atoms with Crippen molar-refractivity contribution in [2.45, 2.75) is 57.2 Å². The summed E-state index contributed by atoms with van der Waals surface area (Å²) in [5.74, 6) is 0. The molecule has 0 saturated heterocycles. The van der Waals surface area contributed by atoms with Crippen LogP contribution < -0.4 is 5.73 Å². The predicted molar refractivity (Wildman–Crippen MR) is 61.9 cm³/mol. The maximum Gasteiger partial charge on any atom is 0.0599 e. The molecule has 0 amide bonds. The third kappa shape index (κ3) is 5.50. The second-order valence-corrected chi connectivity index (χ2v) is 4.37. The third-order valence-corrected chi connectivity index (χ3v) is 3.11. The zero-order valence-electron chi connectivity index (χ0n) is 9.91. The number of hydrogen-bond acceptors (Lipinski definition) is 3. The number of nitrogens with two attached hydrogens (primary N) is 1. The van der Waals surface area contributed by atoms with Crippen molar-refractivity contribution in [3.63, 3.8) is 0 Å². The van der Waals surface area contributed by atoms with Crippen molar-refractivity contribution in [1.29, 1.82) is 0 Å². The van der Waals surface area contributed by atoms with E-state index in [1.165, 1.54) is 25.7 Å². The van der Waals surface area contributed by atoms with Crippen LogP contribution in [-0.2, 0) is 9.47 Å². The average molecular weight is 215 g/mol. The summed E-state index contributed by atoms with van der Waals surface area (Å²) in [5, 5.41) is 0. The SMILES string of the molecule is COC1CCCC(OCCCCCN)C1. The van der Waals surface area contributed by atoms with Gasteiger partial charge in [0, 0.05) is 13.7 Å². The monoisotopic (exact) mass is 215 g/mol. The average Bonchev–Trinajstić information content (AvgIpc) is 2.29. The highest BCUT2D eigenvalue weighted by atomic mass is 16.5. The molecular formula is C12H25NO2. The predicted octanol–water partition coefficient (Wildman–Crippen LogP) is 2.09. The standard InChI is InChI=1S/C12H25NO2/c1-14-11-6-5-7-12(10-11)15-9-4-2-3-8-13/h11-12H,2-10,13H2,1H3. The molecule has 1 saturated carbocycles. The molecule has 0 spiro atoms. The summed E-state index contributed by atoms with van der Waals surface area (Å²) in [6.07, 6.45) is 9.03. The normalized spacial score (nSPS) is 26.8. The smallest absolute Gasteiger partial charge is 0.0599 e. The quantitative estimate of drug-likeness (QED) is 0.661. The minimum Gasteiger partial charge on any atom is -0.381 e. The number of hydrogen-bond donors (Lipinski definition) is 1. The van der Waals surface area contributed by atoms with Crippen LogP contribution in [0, 0.1) is 0 Å². The van der Waals surface area contributed by atoms with E-state index in [1.807, 2.05) is 0 Å². The van der Waals surface area contributed by atoms with Crippen LogP contribution >= 0.6 is 0 Å². The van der Waals surface area contributed by atoms with E-state index in [-0.39, 0.29) is 0 Å². The highest BCUT2D eigenvalue weighted by Gasteiger charge is 2.21. The summed E-state index contributed by atoms with van der Waals surface area (Å²) in [7, 11) is 1.80. The number of unbranched alkanes of at least 4 members (excludes halogenated alkanes) is 2. The molecule has 90 valence electrons. The van der Waals surface area contributed by atoms with Gasteiger partial charge in [-0.1, -0.05) is 0 Å². The van der Waals surface area contributed by atoms with E-state index in [1.54, 1.807) is 7.11 Å². The molecule has 2 atom stereocenters. The van der Waals surface area contributed by atoms with E-state index in [0.29, 0.717) is 12.2 Å². The maximum atomic E-state index is 5.84. The van der Waals surface area contributed by atoms with Crippen LogP contribution in [0.15, 0.2) is 0 Å². The molecule has 3 nitrogen and oxygen atoms in total. The van der Waals surface area contributed by atoms with Crippen LogP contribution in [0.2, 0.25) is 0 Å². The van der Waals surface area contributed by atoms with Crippen molar-refractivity contribution in [3.05, 3.63) is 0 Å². The minimum atomic E-state index is 0.424. The Hall–Kier alpha value is -0.120. The summed E-state index contributed by atoms with van der Waals surface area (Å²) < 4.78 is 11.2. The Kier molecular flexibility index (Phi) is 6.98. The van der Waals surface area contributed by atoms with Gasteiger partial charge in [-0.25, -0.2) is 0 Å². The molecule has 3 heteroatoms. The van der Waals surface area contributed by atoms with Crippen LogP contribution in [0.5, 0.6) is 0 Å². The van der Waals surface area contributed by atoms with E-state index in [9.17, 15) is 0 Å². The van der Waals surface area contributed by atoms with E-state index >= 15 is 0 Å². The van der Waals surface area contributed by atoms with Gasteiger partial charge in [-0.05, 0) is 51.5 Å². The van der Waals surface area contributed by atoms with Crippen LogP contribution in [0.1, 0.15) is 44.9 Å². The van der Waals surface area contributed by atoms with Gasteiger partial charge in [0.15, 0.2) is 0 Å². The number of rotatable bonds is 7. The van der Waals surface area contributed by atoms with Gasteiger partial charge >= 0.3 is 0 Å². The van der Waals surface area contributed by atoms with Gasteiger partial charge in [0.25, 0.3) is 0 Å². The van der Waals surface area contributed by atoms with Crippen molar-refractivity contribution in [2.75, 3.05) is 20.3 Å². The van der Waals surface area contributed by atoms with Gasteiger partial charge in [0.1, 0.15) is 0 Å². The molecule has 1 aliphatic carbocycles. The van der Waals surface area contributed by atoms with Gasteiger partial charge < -0.3 is 15.2 Å².